The number of carbonyl (C=O) groups is 2. The Balaban J connectivity index is 1.38. The van der Waals surface area contributed by atoms with E-state index in [1.165, 1.54) is 4.70 Å². The van der Waals surface area contributed by atoms with Crippen LogP contribution < -0.4 is 10.6 Å². The van der Waals surface area contributed by atoms with Gasteiger partial charge in [-0.25, -0.2) is 4.98 Å². The molecule has 2 aromatic carbocycles. The van der Waals surface area contributed by atoms with E-state index in [0.717, 1.165) is 36.5 Å². The van der Waals surface area contributed by atoms with Crippen LogP contribution in [-0.2, 0) is 4.79 Å². The number of thiazole rings is 1. The summed E-state index contributed by atoms with van der Waals surface area (Å²) in [6.45, 7) is 2.09. The molecule has 2 amide bonds. The zero-order valence-electron chi connectivity index (χ0n) is 16.4. The second-order valence-electron chi connectivity index (χ2n) is 7.30. The number of amides is 2. The normalized spacial score (nSPS) is 17.2. The lowest BCUT2D eigenvalue weighted by molar-refractivity contribution is -0.117. The summed E-state index contributed by atoms with van der Waals surface area (Å²) in [6.07, 6.45) is 2.16. The molecule has 0 spiro atoms. The molecule has 2 N–H and O–H groups in total. The Hall–Kier alpha value is -2.77. The van der Waals surface area contributed by atoms with Crippen LogP contribution in [0.3, 0.4) is 0 Å². The Morgan fingerprint density at radius 3 is 2.90 bits per heavy atom. The quantitative estimate of drug-likeness (QED) is 0.678. The molecule has 7 heteroatoms. The number of likely N-dealkylation sites (tertiary alicyclic amines) is 1. The number of aromatic nitrogens is 1. The van der Waals surface area contributed by atoms with Crippen LogP contribution in [0.2, 0.25) is 0 Å². The van der Waals surface area contributed by atoms with Crippen LogP contribution >= 0.6 is 11.3 Å². The average molecular weight is 409 g/mol. The predicted molar refractivity (Wildman–Crippen MR) is 116 cm³/mol. The molecule has 1 saturated heterocycles. The molecule has 1 aliphatic heterocycles. The average Bonchev–Trinajstić information content (AvgIpc) is 3.18. The van der Waals surface area contributed by atoms with Gasteiger partial charge in [0.2, 0.25) is 5.91 Å². The Bertz CT molecular complexity index is 999. The molecule has 6 nitrogen and oxygen atoms in total. The summed E-state index contributed by atoms with van der Waals surface area (Å²) in [4.78, 5) is 31.3. The third-order valence-electron chi connectivity index (χ3n) is 5.17. The van der Waals surface area contributed by atoms with Gasteiger partial charge in [-0.3, -0.25) is 14.5 Å². The Kier molecular flexibility index (Phi) is 5.87. The maximum Gasteiger partial charge on any atom is 0.251 e. The monoisotopic (exact) mass is 408 g/mol. The number of nitrogens with zero attached hydrogens (tertiary/aromatic N) is 2. The number of fused-ring (bicyclic) bond motifs is 1. The largest absolute Gasteiger partial charge is 0.355 e. The molecular weight excluding hydrogens is 384 g/mol. The van der Waals surface area contributed by atoms with Crippen molar-refractivity contribution >= 4 is 39.1 Å². The van der Waals surface area contributed by atoms with E-state index in [0.29, 0.717) is 23.7 Å². The molecule has 0 saturated carbocycles. The van der Waals surface area contributed by atoms with Crippen molar-refractivity contribution in [3.63, 3.8) is 0 Å². The molecule has 0 radical (unpaired) electrons. The smallest absolute Gasteiger partial charge is 0.251 e. The standard InChI is InChI=1S/C22H24N4O2S/c1-23-21(28)15-6-4-8-17(12-15)24-20(27)14-26-11-5-7-16(13-26)22-25-18-9-2-3-10-19(18)29-22/h2-4,6,8-10,12,16H,5,7,11,13-14H2,1H3,(H,23,28)(H,24,27)/t16-/m1/s1. The van der Waals surface area contributed by atoms with Crippen LogP contribution in [0.15, 0.2) is 48.5 Å². The Labute approximate surface area is 173 Å². The fourth-order valence-electron chi connectivity index (χ4n) is 3.75. The molecule has 0 unspecified atom stereocenters. The molecule has 29 heavy (non-hydrogen) atoms. The third kappa shape index (κ3) is 4.63. The summed E-state index contributed by atoms with van der Waals surface area (Å²) in [5, 5.41) is 6.67. The van der Waals surface area contributed by atoms with Gasteiger partial charge in [0, 0.05) is 30.8 Å². The lowest BCUT2D eigenvalue weighted by atomic mass is 9.99. The fourth-order valence-corrected chi connectivity index (χ4v) is 4.84. The first-order valence-electron chi connectivity index (χ1n) is 9.82. The summed E-state index contributed by atoms with van der Waals surface area (Å²) in [7, 11) is 1.59. The molecule has 0 aliphatic carbocycles. The van der Waals surface area contributed by atoms with Crippen molar-refractivity contribution in [2.24, 2.45) is 0 Å². The molecule has 150 valence electrons. The number of carbonyl (C=O) groups excluding carboxylic acids is 2. The summed E-state index contributed by atoms with van der Waals surface area (Å²) < 4.78 is 1.22. The maximum absolute atomic E-state index is 12.5. The van der Waals surface area contributed by atoms with Crippen molar-refractivity contribution in [3.05, 3.63) is 59.1 Å². The van der Waals surface area contributed by atoms with Gasteiger partial charge < -0.3 is 10.6 Å². The number of benzene rings is 2. The van der Waals surface area contributed by atoms with E-state index in [9.17, 15) is 9.59 Å². The SMILES string of the molecule is CNC(=O)c1cccc(NC(=O)CN2CCC[C@@H](c3nc4ccccc4s3)C2)c1. The van der Waals surface area contributed by atoms with Crippen LogP contribution in [-0.4, -0.2) is 48.4 Å². The van der Waals surface area contributed by atoms with Crippen LogP contribution in [0, 0.1) is 0 Å². The van der Waals surface area contributed by atoms with Crippen molar-refractivity contribution in [3.8, 4) is 0 Å². The number of hydrogen-bond acceptors (Lipinski definition) is 5. The summed E-state index contributed by atoms with van der Waals surface area (Å²) in [6, 6.07) is 15.2. The van der Waals surface area contributed by atoms with Gasteiger partial charge >= 0.3 is 0 Å². The van der Waals surface area contributed by atoms with Crippen LogP contribution in [0.25, 0.3) is 10.2 Å². The topological polar surface area (TPSA) is 74.3 Å². The summed E-state index contributed by atoms with van der Waals surface area (Å²) in [5.74, 6) is 0.130. The van der Waals surface area contributed by atoms with E-state index < -0.39 is 0 Å². The second kappa shape index (κ2) is 8.71. The zero-order valence-corrected chi connectivity index (χ0v) is 17.2. The molecule has 1 fully saturated rings. The van der Waals surface area contributed by atoms with Gasteiger partial charge in [0.05, 0.1) is 21.8 Å². The van der Waals surface area contributed by atoms with Gasteiger partial charge in [-0.15, -0.1) is 11.3 Å². The fraction of sp³-hybridized carbons (Fsp3) is 0.318. The molecular formula is C22H24N4O2S. The van der Waals surface area contributed by atoms with Crippen molar-refractivity contribution < 1.29 is 9.59 Å². The van der Waals surface area contributed by atoms with Crippen molar-refractivity contribution in [1.29, 1.82) is 0 Å². The lowest BCUT2D eigenvalue weighted by Crippen LogP contribution is -2.39. The van der Waals surface area contributed by atoms with Gasteiger partial charge in [0.1, 0.15) is 0 Å². The third-order valence-corrected chi connectivity index (χ3v) is 6.37. The minimum Gasteiger partial charge on any atom is -0.355 e. The van der Waals surface area contributed by atoms with Gasteiger partial charge in [-0.2, -0.15) is 0 Å². The number of rotatable bonds is 5. The minimum absolute atomic E-state index is 0.0657. The zero-order chi connectivity index (χ0) is 20.2. The van der Waals surface area contributed by atoms with E-state index in [4.69, 9.17) is 4.98 Å². The van der Waals surface area contributed by atoms with Gasteiger partial charge in [0.25, 0.3) is 5.91 Å². The molecule has 0 bridgehead atoms. The highest BCUT2D eigenvalue weighted by Gasteiger charge is 2.25. The Morgan fingerprint density at radius 2 is 2.07 bits per heavy atom. The van der Waals surface area contributed by atoms with E-state index in [-0.39, 0.29) is 11.8 Å². The van der Waals surface area contributed by atoms with Crippen molar-refractivity contribution in [2.75, 3.05) is 32.0 Å². The van der Waals surface area contributed by atoms with Crippen molar-refractivity contribution in [1.82, 2.24) is 15.2 Å². The van der Waals surface area contributed by atoms with Gasteiger partial charge in [-0.05, 0) is 49.7 Å². The molecule has 4 rings (SSSR count). The number of anilines is 1. The van der Waals surface area contributed by atoms with Crippen LogP contribution in [0.1, 0.15) is 34.1 Å². The highest BCUT2D eigenvalue weighted by atomic mass is 32.1. The lowest BCUT2D eigenvalue weighted by Gasteiger charge is -2.31. The van der Waals surface area contributed by atoms with E-state index in [1.807, 2.05) is 12.1 Å². The second-order valence-corrected chi connectivity index (χ2v) is 8.36. The first-order valence-corrected chi connectivity index (χ1v) is 10.6. The van der Waals surface area contributed by atoms with Gasteiger partial charge in [0.15, 0.2) is 0 Å². The highest BCUT2D eigenvalue weighted by molar-refractivity contribution is 7.18. The minimum atomic E-state index is -0.171. The highest BCUT2D eigenvalue weighted by Crippen LogP contribution is 2.32. The number of piperidine rings is 1. The van der Waals surface area contributed by atoms with Crippen molar-refractivity contribution in [2.45, 2.75) is 18.8 Å². The van der Waals surface area contributed by atoms with E-state index in [1.54, 1.807) is 42.6 Å². The first-order chi connectivity index (χ1) is 14.1. The maximum atomic E-state index is 12.5. The van der Waals surface area contributed by atoms with E-state index in [2.05, 4.69) is 27.7 Å². The molecule has 1 atom stereocenters. The molecule has 3 aromatic rings. The van der Waals surface area contributed by atoms with Crippen LogP contribution in [0.5, 0.6) is 0 Å². The molecule has 1 aromatic heterocycles. The molecule has 1 aliphatic rings. The Morgan fingerprint density at radius 1 is 1.21 bits per heavy atom. The van der Waals surface area contributed by atoms with Crippen LogP contribution in [0.4, 0.5) is 5.69 Å². The first kappa shape index (κ1) is 19.5. The molecule has 2 heterocycles. The summed E-state index contributed by atoms with van der Waals surface area (Å²) >= 11 is 1.76. The van der Waals surface area contributed by atoms with E-state index >= 15 is 0 Å². The van der Waals surface area contributed by atoms with Gasteiger partial charge in [-0.1, -0.05) is 18.2 Å². The number of para-hydroxylation sites is 1. The predicted octanol–water partition coefficient (Wildman–Crippen LogP) is 3.47. The summed E-state index contributed by atoms with van der Waals surface area (Å²) in [5.41, 5.74) is 2.22. The number of nitrogens with one attached hydrogen (secondary N) is 2. The number of hydrogen-bond donors (Lipinski definition) is 2.